The van der Waals surface area contributed by atoms with Gasteiger partial charge in [-0.15, -0.1) is 11.3 Å². The molecule has 0 saturated heterocycles. The van der Waals surface area contributed by atoms with Crippen LogP contribution in [0.5, 0.6) is 0 Å². The molecule has 4 unspecified atom stereocenters. The zero-order chi connectivity index (χ0) is 14.3. The van der Waals surface area contributed by atoms with Gasteiger partial charge in [-0.3, -0.25) is 0 Å². The number of hydrogen-bond donors (Lipinski definition) is 2. The van der Waals surface area contributed by atoms with E-state index < -0.39 is 10.0 Å². The maximum absolute atomic E-state index is 12.4. The summed E-state index contributed by atoms with van der Waals surface area (Å²) >= 11 is 1.17. The monoisotopic (exact) mass is 315 g/mol. The smallest absolute Gasteiger partial charge is 0.250 e. The van der Waals surface area contributed by atoms with Gasteiger partial charge >= 0.3 is 0 Å². The van der Waals surface area contributed by atoms with E-state index in [9.17, 15) is 8.42 Å². The van der Waals surface area contributed by atoms with E-state index in [0.717, 1.165) is 5.92 Å². The van der Waals surface area contributed by atoms with Gasteiger partial charge < -0.3 is 5.11 Å². The predicted molar refractivity (Wildman–Crippen MR) is 79.0 cm³/mol. The molecule has 0 radical (unpaired) electrons. The minimum Gasteiger partial charge on any atom is -0.392 e. The minimum absolute atomic E-state index is 0.00465. The molecule has 2 aliphatic rings. The Morgan fingerprint density at radius 3 is 2.80 bits per heavy atom. The largest absolute Gasteiger partial charge is 0.392 e. The molecule has 112 valence electrons. The second-order valence-corrected chi connectivity index (χ2v) is 9.03. The van der Waals surface area contributed by atoms with Gasteiger partial charge in [-0.05, 0) is 60.9 Å². The number of rotatable bonds is 5. The third kappa shape index (κ3) is 2.66. The van der Waals surface area contributed by atoms with E-state index in [2.05, 4.69) is 4.72 Å². The summed E-state index contributed by atoms with van der Waals surface area (Å²) in [4.78, 5) is 0. The molecule has 2 aliphatic carbocycles. The standard InChI is InChI=1S/C14H21NO3S2/c1-9(13-5-10-2-3-12(13)4-10)15-20(17,18)14-6-11(7-16)8-19-14/h6,8-10,12-13,15-16H,2-5,7H2,1H3. The Balaban J connectivity index is 1.69. The molecule has 0 aromatic carbocycles. The molecule has 4 nitrogen and oxygen atoms in total. The normalized spacial score (nSPS) is 30.8. The molecule has 0 amide bonds. The highest BCUT2D eigenvalue weighted by molar-refractivity contribution is 7.91. The molecular weight excluding hydrogens is 294 g/mol. The van der Waals surface area contributed by atoms with Crippen molar-refractivity contribution in [2.24, 2.45) is 17.8 Å². The first-order valence-corrected chi connectivity index (χ1v) is 9.56. The van der Waals surface area contributed by atoms with Crippen molar-refractivity contribution in [3.63, 3.8) is 0 Å². The van der Waals surface area contributed by atoms with Gasteiger partial charge in [0.2, 0.25) is 10.0 Å². The average molecular weight is 315 g/mol. The van der Waals surface area contributed by atoms with Gasteiger partial charge in [0.25, 0.3) is 0 Å². The Hall–Kier alpha value is -0.430. The molecule has 1 aromatic rings. The summed E-state index contributed by atoms with van der Waals surface area (Å²) in [6.45, 7) is 1.87. The van der Waals surface area contributed by atoms with Crippen LogP contribution in [0.4, 0.5) is 0 Å². The first kappa shape index (κ1) is 14.5. The molecule has 0 spiro atoms. The van der Waals surface area contributed by atoms with E-state index in [4.69, 9.17) is 5.11 Å². The van der Waals surface area contributed by atoms with Crippen LogP contribution in [0, 0.1) is 17.8 Å². The van der Waals surface area contributed by atoms with Crippen molar-refractivity contribution in [2.45, 2.75) is 49.5 Å². The summed E-state index contributed by atoms with van der Waals surface area (Å²) in [5, 5.41) is 10.7. The van der Waals surface area contributed by atoms with Gasteiger partial charge in [0.05, 0.1) is 6.61 Å². The Labute approximate surface area is 124 Å². The number of thiophene rings is 1. The second kappa shape index (κ2) is 5.40. The first-order chi connectivity index (χ1) is 9.49. The molecule has 3 rings (SSSR count). The lowest BCUT2D eigenvalue weighted by Crippen LogP contribution is -2.39. The lowest BCUT2D eigenvalue weighted by molar-refractivity contribution is 0.280. The van der Waals surface area contributed by atoms with Crippen LogP contribution >= 0.6 is 11.3 Å². The molecule has 0 aliphatic heterocycles. The Kier molecular flexibility index (Phi) is 3.92. The van der Waals surface area contributed by atoms with E-state index >= 15 is 0 Å². The van der Waals surface area contributed by atoms with Crippen LogP contribution in [-0.2, 0) is 16.6 Å². The van der Waals surface area contributed by atoms with Crippen LogP contribution in [0.15, 0.2) is 15.7 Å². The van der Waals surface area contributed by atoms with Gasteiger partial charge in [0, 0.05) is 6.04 Å². The lowest BCUT2D eigenvalue weighted by Gasteiger charge is -2.28. The zero-order valence-corrected chi connectivity index (χ0v) is 13.2. The van der Waals surface area contributed by atoms with Crippen molar-refractivity contribution in [3.8, 4) is 0 Å². The summed E-state index contributed by atoms with van der Waals surface area (Å²) in [5.41, 5.74) is 0.656. The topological polar surface area (TPSA) is 66.4 Å². The SMILES string of the molecule is CC(NS(=O)(=O)c1cc(CO)cs1)C1CC2CCC1C2. The van der Waals surface area contributed by atoms with Gasteiger partial charge in [0.15, 0.2) is 0 Å². The molecular formula is C14H21NO3S2. The molecule has 1 heterocycles. The van der Waals surface area contributed by atoms with Gasteiger partial charge in [-0.25, -0.2) is 13.1 Å². The molecule has 2 N–H and O–H groups in total. The third-order valence-electron chi connectivity index (χ3n) is 4.85. The van der Waals surface area contributed by atoms with Crippen molar-refractivity contribution in [1.29, 1.82) is 0 Å². The number of sulfonamides is 1. The van der Waals surface area contributed by atoms with Gasteiger partial charge in [-0.1, -0.05) is 6.42 Å². The third-order valence-corrected chi connectivity index (χ3v) is 7.90. The van der Waals surface area contributed by atoms with Crippen LogP contribution in [0.1, 0.15) is 38.2 Å². The van der Waals surface area contributed by atoms with Crippen molar-refractivity contribution in [3.05, 3.63) is 17.0 Å². The van der Waals surface area contributed by atoms with Crippen molar-refractivity contribution < 1.29 is 13.5 Å². The summed E-state index contributed by atoms with van der Waals surface area (Å²) < 4.78 is 27.8. The van der Waals surface area contributed by atoms with Crippen molar-refractivity contribution >= 4 is 21.4 Å². The van der Waals surface area contributed by atoms with E-state index in [1.807, 2.05) is 6.92 Å². The second-order valence-electron chi connectivity index (χ2n) is 6.18. The molecule has 1 aromatic heterocycles. The molecule has 20 heavy (non-hydrogen) atoms. The maximum atomic E-state index is 12.4. The first-order valence-electron chi connectivity index (χ1n) is 7.20. The summed E-state index contributed by atoms with van der Waals surface area (Å²) in [5.74, 6) is 2.01. The molecule has 2 saturated carbocycles. The Morgan fingerprint density at radius 2 is 2.25 bits per heavy atom. The van der Waals surface area contributed by atoms with E-state index in [-0.39, 0.29) is 12.6 Å². The highest BCUT2D eigenvalue weighted by atomic mass is 32.2. The fraction of sp³-hybridized carbons (Fsp3) is 0.714. The van der Waals surface area contributed by atoms with Crippen LogP contribution in [0.25, 0.3) is 0 Å². The average Bonchev–Trinajstić information content (AvgIpc) is 3.13. The molecule has 6 heteroatoms. The summed E-state index contributed by atoms with van der Waals surface area (Å²) in [6, 6.07) is 1.55. The fourth-order valence-electron chi connectivity index (χ4n) is 3.87. The maximum Gasteiger partial charge on any atom is 0.250 e. The molecule has 2 bridgehead atoms. The number of hydrogen-bond acceptors (Lipinski definition) is 4. The Bertz CT molecular complexity index is 581. The highest BCUT2D eigenvalue weighted by Crippen LogP contribution is 2.49. The van der Waals surface area contributed by atoms with E-state index in [1.165, 1.54) is 37.0 Å². The summed E-state index contributed by atoms with van der Waals surface area (Å²) in [6.07, 6.45) is 5.03. The van der Waals surface area contributed by atoms with E-state index in [0.29, 0.717) is 21.6 Å². The van der Waals surface area contributed by atoms with Crippen LogP contribution in [0.2, 0.25) is 0 Å². The van der Waals surface area contributed by atoms with E-state index in [1.54, 1.807) is 11.4 Å². The Morgan fingerprint density at radius 1 is 1.45 bits per heavy atom. The number of aliphatic hydroxyl groups excluding tert-OH is 1. The number of aliphatic hydroxyl groups is 1. The zero-order valence-electron chi connectivity index (χ0n) is 11.6. The minimum atomic E-state index is -3.45. The van der Waals surface area contributed by atoms with Crippen molar-refractivity contribution in [1.82, 2.24) is 4.72 Å². The van der Waals surface area contributed by atoms with Crippen molar-refractivity contribution in [2.75, 3.05) is 0 Å². The predicted octanol–water partition coefficient (Wildman–Crippen LogP) is 2.34. The van der Waals surface area contributed by atoms with Gasteiger partial charge in [0.1, 0.15) is 4.21 Å². The van der Waals surface area contributed by atoms with Crippen LogP contribution < -0.4 is 4.72 Å². The molecule has 4 atom stereocenters. The lowest BCUT2D eigenvalue weighted by atomic mass is 9.84. The fourth-order valence-corrected chi connectivity index (χ4v) is 6.39. The molecule has 2 fully saturated rings. The quantitative estimate of drug-likeness (QED) is 0.876. The summed E-state index contributed by atoms with van der Waals surface area (Å²) in [7, 11) is -3.45. The van der Waals surface area contributed by atoms with Crippen LogP contribution in [-0.4, -0.2) is 19.6 Å². The highest BCUT2D eigenvalue weighted by Gasteiger charge is 2.42. The number of nitrogens with one attached hydrogen (secondary N) is 1. The number of fused-ring (bicyclic) bond motifs is 2. The van der Waals surface area contributed by atoms with Gasteiger partial charge in [-0.2, -0.15) is 0 Å². The van der Waals surface area contributed by atoms with Crippen LogP contribution in [0.3, 0.4) is 0 Å².